The van der Waals surface area contributed by atoms with E-state index in [2.05, 4.69) is 15.4 Å². The zero-order chi connectivity index (χ0) is 29.1. The Morgan fingerprint density at radius 1 is 0.846 bits per heavy atom. The van der Waals surface area contributed by atoms with E-state index in [9.17, 15) is 45.0 Å². The van der Waals surface area contributed by atoms with Crippen LogP contribution < -0.4 is 10.6 Å². The fourth-order valence-electron chi connectivity index (χ4n) is 4.21. The molecule has 226 valence electrons. The number of nitrogens with one attached hydrogen (secondary N) is 2. The fourth-order valence-corrected chi connectivity index (χ4v) is 4.21. The van der Waals surface area contributed by atoms with Crippen molar-refractivity contribution < 1.29 is 68.7 Å². The zero-order valence-electron chi connectivity index (χ0n) is 21.9. The molecule has 2 aliphatic rings. The molecule has 2 aliphatic heterocycles. The van der Waals surface area contributed by atoms with E-state index in [1.54, 1.807) is 0 Å². The van der Waals surface area contributed by atoms with Crippen LogP contribution in [0, 0.1) is 0 Å². The Bertz CT molecular complexity index is 786. The highest BCUT2D eigenvalue weighted by Gasteiger charge is 2.51. The number of methoxy groups -OCH3 is 1. The van der Waals surface area contributed by atoms with Crippen molar-refractivity contribution in [2.75, 3.05) is 33.5 Å². The third-order valence-electron chi connectivity index (χ3n) is 6.33. The lowest BCUT2D eigenvalue weighted by molar-refractivity contribution is -0.344. The van der Waals surface area contributed by atoms with E-state index < -0.39 is 80.5 Å². The van der Waals surface area contributed by atoms with Crippen LogP contribution in [0.25, 0.3) is 0 Å². The molecule has 10 atom stereocenters. The predicted molar refractivity (Wildman–Crippen MR) is 127 cm³/mol. The molecule has 8 N–H and O–H groups in total. The molecule has 16 nitrogen and oxygen atoms in total. The monoisotopic (exact) mass is 568 g/mol. The van der Waals surface area contributed by atoms with Crippen molar-refractivity contribution in [3.8, 4) is 0 Å². The Morgan fingerprint density at radius 2 is 1.46 bits per heavy atom. The largest absolute Gasteiger partial charge is 0.469 e. The van der Waals surface area contributed by atoms with Gasteiger partial charge in [-0.15, -0.1) is 0 Å². The zero-order valence-corrected chi connectivity index (χ0v) is 21.9. The van der Waals surface area contributed by atoms with Gasteiger partial charge >= 0.3 is 5.97 Å². The van der Waals surface area contributed by atoms with Crippen LogP contribution in [0.4, 0.5) is 0 Å². The summed E-state index contributed by atoms with van der Waals surface area (Å²) >= 11 is 0. The fraction of sp³-hybridized carbons (Fsp3) is 0.870. The molecule has 0 spiro atoms. The Balaban J connectivity index is 2.01. The van der Waals surface area contributed by atoms with Crippen LogP contribution >= 0.6 is 0 Å². The van der Waals surface area contributed by atoms with Crippen molar-refractivity contribution >= 4 is 17.8 Å². The summed E-state index contributed by atoms with van der Waals surface area (Å²) in [6, 6.07) is -1.21. The van der Waals surface area contributed by atoms with Crippen LogP contribution in [-0.2, 0) is 38.1 Å². The molecule has 0 aromatic carbocycles. The minimum atomic E-state index is -1.79. The van der Waals surface area contributed by atoms with Crippen LogP contribution in [0.5, 0.6) is 0 Å². The summed E-state index contributed by atoms with van der Waals surface area (Å²) in [5, 5.41) is 65.5. The second-order valence-corrected chi connectivity index (χ2v) is 9.24. The SMILES string of the molecule is COC(=O)CCCCC(=O)NCCO[C@H]1O[C@H](CO)[C@H](O)[C@H](O[C@@H]2O[C@H](CO)[C@H](O)[C@H](O)[C@H]2O)[C@H]1NC(C)=O. The van der Waals surface area contributed by atoms with E-state index in [0.717, 1.165) is 0 Å². The van der Waals surface area contributed by atoms with Crippen LogP contribution in [0.3, 0.4) is 0 Å². The second-order valence-electron chi connectivity index (χ2n) is 9.24. The number of hydrogen-bond acceptors (Lipinski definition) is 14. The van der Waals surface area contributed by atoms with Gasteiger partial charge in [0.15, 0.2) is 12.6 Å². The first kappa shape index (κ1) is 33.2. The molecule has 2 saturated heterocycles. The number of carbonyl (C=O) groups is 3. The van der Waals surface area contributed by atoms with Gasteiger partial charge in [-0.3, -0.25) is 14.4 Å². The minimum Gasteiger partial charge on any atom is -0.469 e. The molecule has 39 heavy (non-hydrogen) atoms. The molecule has 16 heteroatoms. The summed E-state index contributed by atoms with van der Waals surface area (Å²) in [5.41, 5.74) is 0. The topological polar surface area (TPSA) is 243 Å². The first-order valence-electron chi connectivity index (χ1n) is 12.7. The number of carbonyl (C=O) groups excluding carboxylic acids is 3. The van der Waals surface area contributed by atoms with Crippen molar-refractivity contribution in [3.63, 3.8) is 0 Å². The first-order chi connectivity index (χ1) is 18.5. The van der Waals surface area contributed by atoms with E-state index in [1.165, 1.54) is 14.0 Å². The molecule has 0 aromatic rings. The van der Waals surface area contributed by atoms with Crippen LogP contribution in [-0.4, -0.2) is 143 Å². The molecule has 0 saturated carbocycles. The summed E-state index contributed by atoms with van der Waals surface area (Å²) < 4.78 is 26.9. The number of amides is 2. The number of unbranched alkanes of at least 4 members (excludes halogenated alkanes) is 1. The van der Waals surface area contributed by atoms with E-state index in [4.69, 9.17) is 18.9 Å². The van der Waals surface area contributed by atoms with Gasteiger partial charge in [0.1, 0.15) is 48.8 Å². The molecule has 2 heterocycles. The number of hydrogen-bond donors (Lipinski definition) is 8. The summed E-state index contributed by atoms with van der Waals surface area (Å²) in [5.74, 6) is -1.20. The normalized spacial score (nSPS) is 34.8. The molecular formula is C23H40N2O14. The molecule has 0 aromatic heterocycles. The average molecular weight is 569 g/mol. The number of aliphatic hydroxyl groups is 6. The lowest BCUT2D eigenvalue weighted by atomic mass is 9.95. The predicted octanol–water partition coefficient (Wildman–Crippen LogP) is -4.38. The van der Waals surface area contributed by atoms with Gasteiger partial charge in [-0.1, -0.05) is 0 Å². The smallest absolute Gasteiger partial charge is 0.305 e. The number of ether oxygens (including phenoxy) is 5. The summed E-state index contributed by atoms with van der Waals surface area (Å²) in [7, 11) is 1.29. The van der Waals surface area contributed by atoms with Crippen molar-refractivity contribution in [1.82, 2.24) is 10.6 Å². The van der Waals surface area contributed by atoms with Crippen LogP contribution in [0.2, 0.25) is 0 Å². The molecule has 0 bridgehead atoms. The molecular weight excluding hydrogens is 528 g/mol. The third kappa shape index (κ3) is 9.56. The lowest BCUT2D eigenvalue weighted by Crippen LogP contribution is -2.68. The van der Waals surface area contributed by atoms with Crippen LogP contribution in [0.1, 0.15) is 32.6 Å². The molecule has 0 aliphatic carbocycles. The van der Waals surface area contributed by atoms with Crippen molar-refractivity contribution in [2.45, 2.75) is 94.0 Å². The quantitative estimate of drug-likeness (QED) is 0.0729. The maximum Gasteiger partial charge on any atom is 0.305 e. The Hall–Kier alpha value is -1.99. The van der Waals surface area contributed by atoms with Gasteiger partial charge in [-0.25, -0.2) is 0 Å². The Kier molecular flexibility index (Phi) is 13.9. The summed E-state index contributed by atoms with van der Waals surface area (Å²) in [6.07, 6.45) is -12.3. The van der Waals surface area contributed by atoms with E-state index in [1.807, 2.05) is 0 Å². The van der Waals surface area contributed by atoms with Gasteiger partial charge in [0.25, 0.3) is 0 Å². The lowest BCUT2D eigenvalue weighted by Gasteiger charge is -2.47. The highest BCUT2D eigenvalue weighted by atomic mass is 16.7. The standard InChI is InChI=1S/C23H40N2O14/c1-11(28)25-16-21(39-23-20(34)19(33)17(31)12(9-26)38-23)18(32)13(10-27)37-22(16)36-8-7-24-14(29)5-3-4-6-15(30)35-2/h12-13,16-23,26-27,31-34H,3-10H2,1-2H3,(H,24,29)(H,25,28)/t12-,13-,16-,17+,18+,19+,20-,21-,22+,23+/m1/s1. The van der Waals surface area contributed by atoms with Gasteiger partial charge in [0.2, 0.25) is 11.8 Å². The number of rotatable bonds is 14. The molecule has 0 radical (unpaired) electrons. The number of esters is 1. The van der Waals surface area contributed by atoms with Gasteiger partial charge in [-0.2, -0.15) is 0 Å². The highest BCUT2D eigenvalue weighted by molar-refractivity contribution is 5.76. The van der Waals surface area contributed by atoms with E-state index in [-0.39, 0.29) is 37.9 Å². The molecule has 2 rings (SSSR count). The average Bonchev–Trinajstić information content (AvgIpc) is 2.91. The molecule has 2 amide bonds. The van der Waals surface area contributed by atoms with Crippen molar-refractivity contribution in [2.24, 2.45) is 0 Å². The van der Waals surface area contributed by atoms with Gasteiger partial charge in [-0.05, 0) is 12.8 Å². The van der Waals surface area contributed by atoms with Crippen LogP contribution in [0.15, 0.2) is 0 Å². The number of aliphatic hydroxyl groups excluding tert-OH is 6. The van der Waals surface area contributed by atoms with E-state index in [0.29, 0.717) is 12.8 Å². The van der Waals surface area contributed by atoms with Crippen molar-refractivity contribution in [3.05, 3.63) is 0 Å². The summed E-state index contributed by atoms with van der Waals surface area (Å²) in [6.45, 7) is -0.251. The van der Waals surface area contributed by atoms with E-state index >= 15 is 0 Å². The minimum absolute atomic E-state index is 0.0487. The first-order valence-corrected chi connectivity index (χ1v) is 12.7. The molecule has 0 unspecified atom stereocenters. The van der Waals surface area contributed by atoms with Gasteiger partial charge in [0.05, 0.1) is 26.9 Å². The summed E-state index contributed by atoms with van der Waals surface area (Å²) in [4.78, 5) is 35.1. The van der Waals surface area contributed by atoms with Gasteiger partial charge < -0.3 is 65.0 Å². The third-order valence-corrected chi connectivity index (χ3v) is 6.33. The molecule has 2 fully saturated rings. The Labute approximate surface area is 225 Å². The van der Waals surface area contributed by atoms with Gasteiger partial charge in [0, 0.05) is 26.3 Å². The second kappa shape index (κ2) is 16.3. The van der Waals surface area contributed by atoms with Crippen molar-refractivity contribution in [1.29, 1.82) is 0 Å². The Morgan fingerprint density at radius 3 is 2.08 bits per heavy atom. The highest BCUT2D eigenvalue weighted by Crippen LogP contribution is 2.29. The maximum absolute atomic E-state index is 12.0. The maximum atomic E-state index is 12.0.